The lowest BCUT2D eigenvalue weighted by Crippen LogP contribution is -2.02. The van der Waals surface area contributed by atoms with E-state index in [-0.39, 0.29) is 5.69 Å². The lowest BCUT2D eigenvalue weighted by atomic mass is 10.1. The Morgan fingerprint density at radius 1 is 1.30 bits per heavy atom. The monoisotopic (exact) mass is 378 g/mol. The van der Waals surface area contributed by atoms with Gasteiger partial charge in [0.25, 0.3) is 5.69 Å². The quantitative estimate of drug-likeness (QED) is 0.287. The van der Waals surface area contributed by atoms with E-state index in [0.29, 0.717) is 15.6 Å². The molecule has 0 aliphatic heterocycles. The first-order valence-electron chi connectivity index (χ1n) is 7.88. The maximum Gasteiger partial charge on any atom is 0.270 e. The summed E-state index contributed by atoms with van der Waals surface area (Å²) in [7, 11) is 0. The normalized spacial score (nSPS) is 11.2. The van der Waals surface area contributed by atoms with Gasteiger partial charge >= 0.3 is 0 Å². The highest BCUT2D eigenvalue weighted by atomic mass is 32.2. The van der Waals surface area contributed by atoms with E-state index in [0.717, 1.165) is 16.8 Å². The highest BCUT2D eigenvalue weighted by molar-refractivity contribution is 8.08. The lowest BCUT2D eigenvalue weighted by molar-refractivity contribution is -0.384. The molecule has 3 rings (SSSR count). The standard InChI is InChI=1S/C18H14N6O2S/c1-12-6-7-13(2)16(10-12)23-18(20-21-22-23)27-17(8-9-19)14-4-3-5-15(11-14)24(25)26/h3-8,10-11H,1-2H3/b17-8-. The third-order valence-corrected chi connectivity index (χ3v) is 4.78. The molecule has 27 heavy (non-hydrogen) atoms. The summed E-state index contributed by atoms with van der Waals surface area (Å²) in [5, 5.41) is 32.5. The minimum atomic E-state index is -0.474. The second kappa shape index (κ2) is 7.80. The molecule has 2 aromatic carbocycles. The summed E-state index contributed by atoms with van der Waals surface area (Å²) in [6.45, 7) is 3.93. The minimum absolute atomic E-state index is 0.0499. The number of hydrogen-bond donors (Lipinski definition) is 0. The Balaban J connectivity index is 2.01. The van der Waals surface area contributed by atoms with Crippen LogP contribution in [0.3, 0.4) is 0 Å². The molecule has 1 aromatic heterocycles. The SMILES string of the molecule is Cc1ccc(C)c(-n2nnnc2S/C(=C\C#N)c2cccc([N+](=O)[O-])c2)c1. The van der Waals surface area contributed by atoms with E-state index in [2.05, 4.69) is 15.5 Å². The van der Waals surface area contributed by atoms with Crippen molar-refractivity contribution in [3.63, 3.8) is 0 Å². The molecule has 0 spiro atoms. The Labute approximate surface area is 159 Å². The Morgan fingerprint density at radius 3 is 2.85 bits per heavy atom. The van der Waals surface area contributed by atoms with Crippen LogP contribution in [0.4, 0.5) is 5.69 Å². The lowest BCUT2D eigenvalue weighted by Gasteiger charge is -2.10. The molecule has 1 heterocycles. The molecule has 8 nitrogen and oxygen atoms in total. The third-order valence-electron chi connectivity index (χ3n) is 3.77. The summed E-state index contributed by atoms with van der Waals surface area (Å²) in [6.07, 6.45) is 1.33. The summed E-state index contributed by atoms with van der Waals surface area (Å²) in [5.74, 6) is 0. The smallest absolute Gasteiger partial charge is 0.258 e. The molecular weight excluding hydrogens is 364 g/mol. The second-order valence-electron chi connectivity index (χ2n) is 5.71. The van der Waals surface area contributed by atoms with E-state index >= 15 is 0 Å². The number of nitro benzene ring substituents is 1. The van der Waals surface area contributed by atoms with Gasteiger partial charge in [-0.2, -0.15) is 9.94 Å². The van der Waals surface area contributed by atoms with E-state index < -0.39 is 4.92 Å². The molecule has 0 N–H and O–H groups in total. The van der Waals surface area contributed by atoms with Gasteiger partial charge < -0.3 is 0 Å². The fourth-order valence-electron chi connectivity index (χ4n) is 2.44. The largest absolute Gasteiger partial charge is 0.270 e. The van der Waals surface area contributed by atoms with Crippen molar-refractivity contribution in [1.82, 2.24) is 20.2 Å². The first-order valence-corrected chi connectivity index (χ1v) is 8.69. The zero-order valence-corrected chi connectivity index (χ0v) is 15.3. The number of hydrogen-bond acceptors (Lipinski definition) is 7. The van der Waals surface area contributed by atoms with Crippen molar-refractivity contribution >= 4 is 22.4 Å². The van der Waals surface area contributed by atoms with Crippen LogP contribution in [-0.2, 0) is 0 Å². The molecule has 9 heteroatoms. The first kappa shape index (κ1) is 18.3. The van der Waals surface area contributed by atoms with Crippen molar-refractivity contribution < 1.29 is 4.92 Å². The van der Waals surface area contributed by atoms with E-state index in [1.807, 2.05) is 38.1 Å². The zero-order valence-electron chi connectivity index (χ0n) is 14.5. The van der Waals surface area contributed by atoms with Gasteiger partial charge in [-0.15, -0.1) is 5.10 Å². The minimum Gasteiger partial charge on any atom is -0.258 e. The van der Waals surface area contributed by atoms with Crippen molar-refractivity contribution in [1.29, 1.82) is 5.26 Å². The van der Waals surface area contributed by atoms with Crippen LogP contribution in [0, 0.1) is 35.3 Å². The van der Waals surface area contributed by atoms with Crippen molar-refractivity contribution in [3.8, 4) is 11.8 Å². The Bertz CT molecular complexity index is 1080. The molecular formula is C18H14N6O2S. The van der Waals surface area contributed by atoms with E-state index in [1.54, 1.807) is 16.8 Å². The van der Waals surface area contributed by atoms with Gasteiger partial charge in [0.2, 0.25) is 5.16 Å². The van der Waals surface area contributed by atoms with Crippen LogP contribution in [-0.4, -0.2) is 25.1 Å². The number of tetrazole rings is 1. The average Bonchev–Trinajstić information content (AvgIpc) is 3.11. The van der Waals surface area contributed by atoms with Gasteiger partial charge in [0.1, 0.15) is 0 Å². The maximum atomic E-state index is 11.0. The maximum absolute atomic E-state index is 11.0. The highest BCUT2D eigenvalue weighted by Crippen LogP contribution is 2.35. The number of benzene rings is 2. The number of nitriles is 1. The Kier molecular flexibility index (Phi) is 5.28. The number of aromatic nitrogens is 4. The van der Waals surface area contributed by atoms with Crippen LogP contribution in [0.5, 0.6) is 0 Å². The summed E-state index contributed by atoms with van der Waals surface area (Å²) >= 11 is 1.17. The molecule has 134 valence electrons. The Morgan fingerprint density at radius 2 is 2.11 bits per heavy atom. The van der Waals surface area contributed by atoms with Crippen molar-refractivity contribution in [2.45, 2.75) is 19.0 Å². The van der Waals surface area contributed by atoms with Crippen LogP contribution in [0.2, 0.25) is 0 Å². The zero-order chi connectivity index (χ0) is 19.4. The first-order chi connectivity index (χ1) is 13.0. The molecule has 0 amide bonds. The van der Waals surface area contributed by atoms with E-state index in [1.165, 1.54) is 30.0 Å². The van der Waals surface area contributed by atoms with Gasteiger partial charge in [0.15, 0.2) is 0 Å². The van der Waals surface area contributed by atoms with Crippen molar-refractivity contribution in [3.05, 3.63) is 75.3 Å². The van der Waals surface area contributed by atoms with Crippen LogP contribution in [0.15, 0.2) is 53.7 Å². The molecule has 0 bridgehead atoms. The van der Waals surface area contributed by atoms with Crippen LogP contribution in [0.25, 0.3) is 10.6 Å². The molecule has 0 aliphatic carbocycles. The fraction of sp³-hybridized carbons (Fsp3) is 0.111. The molecule has 0 saturated heterocycles. The van der Waals surface area contributed by atoms with Gasteiger partial charge in [0, 0.05) is 23.1 Å². The average molecular weight is 378 g/mol. The molecule has 3 aromatic rings. The van der Waals surface area contributed by atoms with Crippen LogP contribution < -0.4 is 0 Å². The van der Waals surface area contributed by atoms with Gasteiger partial charge in [-0.25, -0.2) is 0 Å². The molecule has 0 radical (unpaired) electrons. The summed E-state index contributed by atoms with van der Waals surface area (Å²) in [5.41, 5.74) is 3.39. The predicted molar refractivity (Wildman–Crippen MR) is 101 cm³/mol. The van der Waals surface area contributed by atoms with Crippen LogP contribution in [0.1, 0.15) is 16.7 Å². The number of nitrogens with zero attached hydrogens (tertiary/aromatic N) is 6. The summed E-state index contributed by atoms with van der Waals surface area (Å²) in [4.78, 5) is 11.1. The summed E-state index contributed by atoms with van der Waals surface area (Å²) in [6, 6.07) is 14.0. The number of thioether (sulfide) groups is 1. The highest BCUT2D eigenvalue weighted by Gasteiger charge is 2.16. The van der Waals surface area contributed by atoms with E-state index in [4.69, 9.17) is 5.26 Å². The fourth-order valence-corrected chi connectivity index (χ4v) is 3.29. The van der Waals surface area contributed by atoms with Crippen LogP contribution >= 0.6 is 11.8 Å². The molecule has 0 fully saturated rings. The van der Waals surface area contributed by atoms with E-state index in [9.17, 15) is 10.1 Å². The Hall–Kier alpha value is -3.51. The number of aryl methyl sites for hydroxylation is 2. The second-order valence-corrected chi connectivity index (χ2v) is 6.72. The van der Waals surface area contributed by atoms with Gasteiger partial charge in [-0.1, -0.05) is 24.3 Å². The van der Waals surface area contributed by atoms with Gasteiger partial charge in [0.05, 0.1) is 16.7 Å². The number of allylic oxidation sites excluding steroid dienone is 1. The number of non-ortho nitro benzene ring substituents is 1. The van der Waals surface area contributed by atoms with Crippen molar-refractivity contribution in [2.75, 3.05) is 0 Å². The molecule has 0 saturated carbocycles. The third kappa shape index (κ3) is 4.02. The number of rotatable bonds is 5. The topological polar surface area (TPSA) is 111 Å². The van der Waals surface area contributed by atoms with Gasteiger partial charge in [-0.3, -0.25) is 10.1 Å². The molecule has 0 unspecified atom stereocenters. The number of nitro groups is 1. The molecule has 0 atom stereocenters. The molecule has 0 aliphatic rings. The summed E-state index contributed by atoms with van der Waals surface area (Å²) < 4.78 is 1.59. The van der Waals surface area contributed by atoms with Crippen molar-refractivity contribution in [2.24, 2.45) is 0 Å². The van der Waals surface area contributed by atoms with Gasteiger partial charge in [-0.05, 0) is 58.8 Å². The predicted octanol–water partition coefficient (Wildman–Crippen LogP) is 3.84.